The number of hydrogen-bond acceptors (Lipinski definition) is 5. The molecule has 26 heavy (non-hydrogen) atoms. The van der Waals surface area contributed by atoms with Crippen LogP contribution in [-0.2, 0) is 4.74 Å². The Morgan fingerprint density at radius 2 is 1.88 bits per heavy atom. The van der Waals surface area contributed by atoms with Gasteiger partial charge < -0.3 is 20.1 Å². The van der Waals surface area contributed by atoms with Crippen molar-refractivity contribution in [2.45, 2.75) is 39.7 Å². The fourth-order valence-electron chi connectivity index (χ4n) is 2.79. The zero-order valence-corrected chi connectivity index (χ0v) is 16.9. The Labute approximate surface area is 161 Å². The van der Waals surface area contributed by atoms with Gasteiger partial charge in [-0.25, -0.2) is 4.79 Å². The first-order valence-electron chi connectivity index (χ1n) is 9.04. The summed E-state index contributed by atoms with van der Waals surface area (Å²) < 4.78 is 11.2. The van der Waals surface area contributed by atoms with Crippen LogP contribution in [0.3, 0.4) is 0 Å². The van der Waals surface area contributed by atoms with Crippen molar-refractivity contribution in [3.8, 4) is 5.75 Å². The van der Waals surface area contributed by atoms with Crippen LogP contribution in [0.25, 0.3) is 0 Å². The van der Waals surface area contributed by atoms with E-state index in [9.17, 15) is 4.79 Å². The van der Waals surface area contributed by atoms with Gasteiger partial charge in [0, 0.05) is 38.8 Å². The van der Waals surface area contributed by atoms with Crippen LogP contribution in [0.5, 0.6) is 5.75 Å². The predicted molar refractivity (Wildman–Crippen MR) is 105 cm³/mol. The normalized spacial score (nSPS) is 15.8. The minimum Gasteiger partial charge on any atom is -0.493 e. The van der Waals surface area contributed by atoms with Gasteiger partial charge in [-0.15, -0.1) is 0 Å². The topological polar surface area (TPSA) is 68.0 Å². The molecule has 146 valence electrons. The summed E-state index contributed by atoms with van der Waals surface area (Å²) in [6.45, 7) is 12.3. The van der Waals surface area contributed by atoms with Crippen LogP contribution in [0.1, 0.15) is 32.8 Å². The van der Waals surface area contributed by atoms with Crippen LogP contribution in [0, 0.1) is 6.92 Å². The summed E-state index contributed by atoms with van der Waals surface area (Å²) in [5.74, 6) is 0.777. The second-order valence-electron chi connectivity index (χ2n) is 7.65. The molecule has 1 aliphatic heterocycles. The molecule has 1 fully saturated rings. The van der Waals surface area contributed by atoms with Gasteiger partial charge in [0.25, 0.3) is 0 Å². The summed E-state index contributed by atoms with van der Waals surface area (Å²) in [6.07, 6.45) is 0.685. The van der Waals surface area contributed by atoms with E-state index in [1.807, 2.05) is 33.8 Å². The predicted octanol–water partition coefficient (Wildman–Crippen LogP) is 3.55. The first-order chi connectivity index (χ1) is 12.2. The Kier molecular flexibility index (Phi) is 7.01. The maximum absolute atomic E-state index is 12.1. The Balaban J connectivity index is 1.68. The molecule has 1 heterocycles. The monoisotopic (exact) mass is 383 g/mol. The van der Waals surface area contributed by atoms with Crippen molar-refractivity contribution >= 4 is 23.4 Å². The molecule has 7 heteroatoms. The highest BCUT2D eigenvalue weighted by Gasteiger charge is 2.25. The van der Waals surface area contributed by atoms with Crippen LogP contribution in [-0.4, -0.2) is 60.8 Å². The highest BCUT2D eigenvalue weighted by atomic mass is 35.5. The maximum atomic E-state index is 12.1. The average Bonchev–Trinajstić information content (AvgIpc) is 2.55. The third-order valence-electron chi connectivity index (χ3n) is 4.19. The molecular formula is C19H30ClN3O3. The van der Waals surface area contributed by atoms with Crippen LogP contribution < -0.4 is 10.5 Å². The summed E-state index contributed by atoms with van der Waals surface area (Å²) in [4.78, 5) is 16.2. The van der Waals surface area contributed by atoms with Crippen LogP contribution in [0.2, 0.25) is 5.02 Å². The van der Waals surface area contributed by atoms with Crippen molar-refractivity contribution in [1.29, 1.82) is 0 Å². The molecule has 1 aromatic rings. The van der Waals surface area contributed by atoms with E-state index < -0.39 is 5.60 Å². The average molecular weight is 384 g/mol. The zero-order chi connectivity index (χ0) is 19.3. The van der Waals surface area contributed by atoms with Crippen molar-refractivity contribution in [2.24, 2.45) is 0 Å². The van der Waals surface area contributed by atoms with E-state index in [0.717, 1.165) is 37.4 Å². The molecule has 0 radical (unpaired) electrons. The number of carbonyl (C=O) groups is 1. The Bertz CT molecular complexity index is 623. The molecule has 2 N–H and O–H groups in total. The van der Waals surface area contributed by atoms with Crippen LogP contribution >= 0.6 is 11.6 Å². The van der Waals surface area contributed by atoms with E-state index in [2.05, 4.69) is 4.90 Å². The van der Waals surface area contributed by atoms with Gasteiger partial charge in [0.05, 0.1) is 17.3 Å². The molecule has 0 unspecified atom stereocenters. The lowest BCUT2D eigenvalue weighted by Gasteiger charge is -2.35. The number of nitrogen functional groups attached to an aromatic ring is 1. The Morgan fingerprint density at radius 3 is 2.50 bits per heavy atom. The lowest BCUT2D eigenvalue weighted by Crippen LogP contribution is -2.50. The molecule has 1 aromatic carbocycles. The van der Waals surface area contributed by atoms with Gasteiger partial charge in [-0.1, -0.05) is 11.6 Å². The zero-order valence-electron chi connectivity index (χ0n) is 16.2. The number of rotatable bonds is 5. The van der Waals surface area contributed by atoms with E-state index in [4.69, 9.17) is 26.8 Å². The quantitative estimate of drug-likeness (QED) is 0.622. The first kappa shape index (κ1) is 20.6. The van der Waals surface area contributed by atoms with Crippen molar-refractivity contribution in [1.82, 2.24) is 9.80 Å². The molecular weight excluding hydrogens is 354 g/mol. The molecule has 1 aliphatic rings. The molecule has 6 nitrogen and oxygen atoms in total. The number of anilines is 1. The fourth-order valence-corrected chi connectivity index (χ4v) is 2.95. The lowest BCUT2D eigenvalue weighted by atomic mass is 10.2. The molecule has 0 saturated carbocycles. The molecule has 0 aromatic heterocycles. The van der Waals surface area contributed by atoms with E-state index in [-0.39, 0.29) is 6.09 Å². The molecule has 0 atom stereocenters. The van der Waals surface area contributed by atoms with Crippen molar-refractivity contribution < 1.29 is 14.3 Å². The van der Waals surface area contributed by atoms with Crippen molar-refractivity contribution in [3.63, 3.8) is 0 Å². The Morgan fingerprint density at radius 1 is 1.23 bits per heavy atom. The number of carbonyl (C=O) groups excluding carboxylic acids is 1. The number of piperazine rings is 1. The first-order valence-corrected chi connectivity index (χ1v) is 9.42. The standard InChI is InChI=1S/C19H30ClN3O3/c1-14-12-16(21)15(20)13-17(14)25-11-5-6-22-7-9-23(10-8-22)18(24)26-19(2,3)4/h12-13H,5-11,21H2,1-4H3. The number of aryl methyl sites for hydroxylation is 1. The van der Waals surface area contributed by atoms with E-state index in [1.54, 1.807) is 11.0 Å². The fraction of sp³-hybridized carbons (Fsp3) is 0.632. The maximum Gasteiger partial charge on any atom is 0.410 e. The minimum atomic E-state index is -0.450. The van der Waals surface area contributed by atoms with Gasteiger partial charge in [-0.2, -0.15) is 0 Å². The SMILES string of the molecule is Cc1cc(N)c(Cl)cc1OCCCN1CCN(C(=O)OC(C)(C)C)CC1. The van der Waals surface area contributed by atoms with Crippen LogP contribution in [0.4, 0.5) is 10.5 Å². The van der Waals surface area contributed by atoms with Gasteiger partial charge in [0.1, 0.15) is 11.4 Å². The molecule has 1 amide bonds. The lowest BCUT2D eigenvalue weighted by molar-refractivity contribution is 0.0142. The van der Waals surface area contributed by atoms with Crippen LogP contribution in [0.15, 0.2) is 12.1 Å². The summed E-state index contributed by atoms with van der Waals surface area (Å²) in [7, 11) is 0. The third-order valence-corrected chi connectivity index (χ3v) is 4.52. The minimum absolute atomic E-state index is 0.226. The molecule has 0 spiro atoms. The van der Waals surface area contributed by atoms with E-state index in [1.165, 1.54) is 0 Å². The van der Waals surface area contributed by atoms with E-state index >= 15 is 0 Å². The number of amides is 1. The second-order valence-corrected chi connectivity index (χ2v) is 8.06. The second kappa shape index (κ2) is 8.82. The van der Waals surface area contributed by atoms with Gasteiger partial charge in [-0.05, 0) is 45.7 Å². The number of ether oxygens (including phenoxy) is 2. The smallest absolute Gasteiger partial charge is 0.410 e. The molecule has 0 aliphatic carbocycles. The van der Waals surface area contributed by atoms with Crippen molar-refractivity contribution in [3.05, 3.63) is 22.7 Å². The summed E-state index contributed by atoms with van der Waals surface area (Å²) >= 11 is 6.04. The molecule has 1 saturated heterocycles. The van der Waals surface area contributed by atoms with Gasteiger partial charge >= 0.3 is 6.09 Å². The highest BCUT2D eigenvalue weighted by Crippen LogP contribution is 2.28. The number of nitrogens with two attached hydrogens (primary N) is 1. The Hall–Kier alpha value is -1.66. The number of benzene rings is 1. The summed E-state index contributed by atoms with van der Waals surface area (Å²) in [6, 6.07) is 3.60. The summed E-state index contributed by atoms with van der Waals surface area (Å²) in [5, 5.41) is 0.517. The number of hydrogen-bond donors (Lipinski definition) is 1. The van der Waals surface area contributed by atoms with Gasteiger partial charge in [0.2, 0.25) is 0 Å². The molecule has 0 bridgehead atoms. The molecule has 2 rings (SSSR count). The van der Waals surface area contributed by atoms with E-state index in [0.29, 0.717) is 30.4 Å². The largest absolute Gasteiger partial charge is 0.493 e. The highest BCUT2D eigenvalue weighted by molar-refractivity contribution is 6.33. The summed E-state index contributed by atoms with van der Waals surface area (Å²) in [5.41, 5.74) is 6.88. The number of nitrogens with zero attached hydrogens (tertiary/aromatic N) is 2. The number of halogens is 1. The third kappa shape index (κ3) is 6.25. The van der Waals surface area contributed by atoms with Gasteiger partial charge in [0.15, 0.2) is 0 Å². The van der Waals surface area contributed by atoms with Crippen molar-refractivity contribution in [2.75, 3.05) is 45.1 Å². The van der Waals surface area contributed by atoms with Gasteiger partial charge in [-0.3, -0.25) is 4.90 Å².